The van der Waals surface area contributed by atoms with Gasteiger partial charge in [0.15, 0.2) is 11.7 Å². The number of rotatable bonds is 4. The number of aromatic nitrogens is 2. The zero-order valence-electron chi connectivity index (χ0n) is 8.08. The third-order valence-corrected chi connectivity index (χ3v) is 1.88. The van der Waals surface area contributed by atoms with Crippen LogP contribution in [0.15, 0.2) is 18.6 Å². The standard InChI is InChI=1S/C9H10N2O4/c1-6-2-3-11(5-10-6)7(9(14)15)4-8(12)13/h2-3,5,7H,4H2,1H3,(H-,12,13,14,15). The number of carbonyl (C=O) groups excluding carboxylic acids is 1. The Labute approximate surface area is 85.8 Å². The molecule has 0 fully saturated rings. The van der Waals surface area contributed by atoms with E-state index in [1.165, 1.54) is 17.1 Å². The highest BCUT2D eigenvalue weighted by molar-refractivity contribution is 5.76. The van der Waals surface area contributed by atoms with Gasteiger partial charge in [0.1, 0.15) is 0 Å². The Kier molecular flexibility index (Phi) is 3.33. The van der Waals surface area contributed by atoms with Gasteiger partial charge in [0.05, 0.1) is 18.6 Å². The fraction of sp³-hybridized carbons (Fsp3) is 0.333. The van der Waals surface area contributed by atoms with Crippen LogP contribution in [0.5, 0.6) is 0 Å². The van der Waals surface area contributed by atoms with E-state index in [0.29, 0.717) is 0 Å². The Bertz CT molecular complexity index is 374. The monoisotopic (exact) mass is 210 g/mol. The number of carboxylic acid groups (broad SMARTS) is 2. The Hall–Kier alpha value is -1.98. The third kappa shape index (κ3) is 3.01. The molecule has 1 aromatic rings. The molecule has 0 aliphatic rings. The highest BCUT2D eigenvalue weighted by atomic mass is 16.4. The summed E-state index contributed by atoms with van der Waals surface area (Å²) >= 11 is 0. The summed E-state index contributed by atoms with van der Waals surface area (Å²) in [6.45, 7) is 1.75. The van der Waals surface area contributed by atoms with E-state index in [4.69, 9.17) is 5.11 Å². The maximum Gasteiger partial charge on any atom is 0.308 e. The van der Waals surface area contributed by atoms with Crippen molar-refractivity contribution < 1.29 is 24.4 Å². The quantitative estimate of drug-likeness (QED) is 0.607. The molecule has 15 heavy (non-hydrogen) atoms. The van der Waals surface area contributed by atoms with Gasteiger partial charge in [-0.15, -0.1) is 0 Å². The van der Waals surface area contributed by atoms with Gasteiger partial charge in [-0.2, -0.15) is 0 Å². The van der Waals surface area contributed by atoms with E-state index < -0.39 is 24.4 Å². The molecule has 0 saturated carbocycles. The van der Waals surface area contributed by atoms with Gasteiger partial charge >= 0.3 is 5.97 Å². The van der Waals surface area contributed by atoms with Gasteiger partial charge in [-0.05, 0) is 0 Å². The lowest BCUT2D eigenvalue weighted by Gasteiger charge is -2.13. The summed E-state index contributed by atoms with van der Waals surface area (Å²) in [5.41, 5.74) is 0.721. The van der Waals surface area contributed by atoms with Gasteiger partial charge in [-0.3, -0.25) is 4.79 Å². The van der Waals surface area contributed by atoms with Crippen LogP contribution in [0.2, 0.25) is 0 Å². The molecule has 1 atom stereocenters. The molecule has 1 N–H and O–H groups in total. The first kappa shape index (κ1) is 11.1. The molecular formula is C9H10N2O4. The molecule has 1 aromatic heterocycles. The van der Waals surface area contributed by atoms with E-state index in [9.17, 15) is 14.7 Å². The first-order chi connectivity index (χ1) is 7.00. The van der Waals surface area contributed by atoms with Gasteiger partial charge in [0, 0.05) is 13.0 Å². The summed E-state index contributed by atoms with van der Waals surface area (Å²) in [5, 5.41) is 19.2. The average Bonchev–Trinajstić information content (AvgIpc) is 2.15. The molecule has 0 bridgehead atoms. The molecule has 0 aliphatic heterocycles. The second-order valence-corrected chi connectivity index (χ2v) is 3.08. The Morgan fingerprint density at radius 1 is 1.67 bits per heavy atom. The van der Waals surface area contributed by atoms with Crippen LogP contribution in [0.1, 0.15) is 18.2 Å². The van der Waals surface area contributed by atoms with Gasteiger partial charge in [0.2, 0.25) is 0 Å². The van der Waals surface area contributed by atoms with Crippen LogP contribution < -0.4 is 9.67 Å². The molecule has 1 rings (SSSR count). The lowest BCUT2D eigenvalue weighted by molar-refractivity contribution is -0.717. The molecule has 6 heteroatoms. The second kappa shape index (κ2) is 4.50. The number of aliphatic carboxylic acids is 2. The van der Waals surface area contributed by atoms with Crippen molar-refractivity contribution in [2.75, 3.05) is 0 Å². The molecule has 0 spiro atoms. The van der Waals surface area contributed by atoms with Crippen molar-refractivity contribution in [3.8, 4) is 0 Å². The Morgan fingerprint density at radius 3 is 2.73 bits per heavy atom. The van der Waals surface area contributed by atoms with Crippen molar-refractivity contribution in [1.82, 2.24) is 4.98 Å². The predicted octanol–water partition coefficient (Wildman–Crippen LogP) is -1.56. The zero-order valence-corrected chi connectivity index (χ0v) is 8.08. The summed E-state index contributed by atoms with van der Waals surface area (Å²) in [6, 6.07) is 0.369. The number of carbonyl (C=O) groups is 2. The van der Waals surface area contributed by atoms with E-state index in [1.54, 1.807) is 13.0 Å². The minimum absolute atomic E-state index is 0.530. The topological polar surface area (TPSA) is 94.2 Å². The van der Waals surface area contributed by atoms with Gasteiger partial charge in [0.25, 0.3) is 6.33 Å². The second-order valence-electron chi connectivity index (χ2n) is 3.08. The minimum Gasteiger partial charge on any atom is -0.546 e. The lowest BCUT2D eigenvalue weighted by Crippen LogP contribution is -2.50. The highest BCUT2D eigenvalue weighted by Gasteiger charge is 2.20. The van der Waals surface area contributed by atoms with Crippen LogP contribution in [0.25, 0.3) is 0 Å². The van der Waals surface area contributed by atoms with Crippen molar-refractivity contribution in [2.24, 2.45) is 0 Å². The summed E-state index contributed by atoms with van der Waals surface area (Å²) < 4.78 is 1.20. The third-order valence-electron chi connectivity index (χ3n) is 1.88. The van der Waals surface area contributed by atoms with Crippen LogP contribution in [0.4, 0.5) is 0 Å². The van der Waals surface area contributed by atoms with Crippen molar-refractivity contribution in [1.29, 1.82) is 0 Å². The summed E-state index contributed by atoms with van der Waals surface area (Å²) in [4.78, 5) is 25.0. The van der Waals surface area contributed by atoms with E-state index in [1.807, 2.05) is 0 Å². The van der Waals surface area contributed by atoms with Gasteiger partial charge < -0.3 is 15.0 Å². The van der Waals surface area contributed by atoms with E-state index >= 15 is 0 Å². The van der Waals surface area contributed by atoms with Crippen molar-refractivity contribution in [3.05, 3.63) is 24.3 Å². The molecular weight excluding hydrogens is 200 g/mol. The SMILES string of the molecule is Cc1cc[n+](C(CC(=O)O)C(=O)[O-])cn1. The first-order valence-electron chi connectivity index (χ1n) is 4.26. The van der Waals surface area contributed by atoms with Crippen LogP contribution in [0, 0.1) is 6.92 Å². The smallest absolute Gasteiger partial charge is 0.308 e. The molecule has 1 unspecified atom stereocenters. The van der Waals surface area contributed by atoms with E-state index in [-0.39, 0.29) is 0 Å². The molecule has 0 amide bonds. The van der Waals surface area contributed by atoms with Gasteiger partial charge in [-0.1, -0.05) is 4.98 Å². The Balaban J connectivity index is 2.94. The Morgan fingerprint density at radius 2 is 2.33 bits per heavy atom. The maximum absolute atomic E-state index is 10.7. The van der Waals surface area contributed by atoms with Crippen molar-refractivity contribution in [2.45, 2.75) is 19.4 Å². The van der Waals surface area contributed by atoms with Crippen LogP contribution in [-0.4, -0.2) is 22.0 Å². The normalized spacial score (nSPS) is 12.1. The molecule has 0 aliphatic carbocycles. The molecule has 1 heterocycles. The fourth-order valence-corrected chi connectivity index (χ4v) is 1.09. The van der Waals surface area contributed by atoms with Crippen molar-refractivity contribution in [3.63, 3.8) is 0 Å². The number of aryl methyl sites for hydroxylation is 1. The average molecular weight is 210 g/mol. The largest absolute Gasteiger partial charge is 0.546 e. The molecule has 80 valence electrons. The zero-order chi connectivity index (χ0) is 11.4. The maximum atomic E-state index is 10.7. The minimum atomic E-state index is -1.44. The van der Waals surface area contributed by atoms with Crippen LogP contribution >= 0.6 is 0 Å². The van der Waals surface area contributed by atoms with Crippen LogP contribution in [0.3, 0.4) is 0 Å². The molecule has 0 saturated heterocycles. The van der Waals surface area contributed by atoms with E-state index in [0.717, 1.165) is 5.69 Å². The number of nitrogens with zero attached hydrogens (tertiary/aromatic N) is 2. The molecule has 0 aromatic carbocycles. The summed E-state index contributed by atoms with van der Waals surface area (Å²) in [6.07, 6.45) is 2.21. The molecule has 6 nitrogen and oxygen atoms in total. The fourth-order valence-electron chi connectivity index (χ4n) is 1.09. The first-order valence-corrected chi connectivity index (χ1v) is 4.26. The van der Waals surface area contributed by atoms with Crippen molar-refractivity contribution >= 4 is 11.9 Å². The van der Waals surface area contributed by atoms with E-state index in [2.05, 4.69) is 4.98 Å². The summed E-state index contributed by atoms with van der Waals surface area (Å²) in [5.74, 6) is -2.63. The van der Waals surface area contributed by atoms with Crippen LogP contribution in [-0.2, 0) is 9.59 Å². The summed E-state index contributed by atoms with van der Waals surface area (Å²) in [7, 11) is 0. The lowest BCUT2D eigenvalue weighted by atomic mass is 10.2. The highest BCUT2D eigenvalue weighted by Crippen LogP contribution is 2.01. The molecule has 0 radical (unpaired) electrons. The number of hydrogen-bond donors (Lipinski definition) is 1. The number of carboxylic acids is 2. The van der Waals surface area contributed by atoms with Gasteiger partial charge in [-0.25, -0.2) is 4.57 Å². The predicted molar refractivity (Wildman–Crippen MR) is 45.5 cm³/mol. The number of hydrogen-bond acceptors (Lipinski definition) is 4.